The Hall–Kier alpha value is -0.990. The maximum atomic E-state index is 6.18. The van der Waals surface area contributed by atoms with Crippen LogP contribution in [0.25, 0.3) is 0 Å². The second-order valence-electron chi connectivity index (χ2n) is 5.37. The monoisotopic (exact) mass is 366 g/mol. The first-order valence-corrected chi connectivity index (χ1v) is 8.39. The third kappa shape index (κ3) is 4.76. The highest BCUT2D eigenvalue weighted by atomic mass is 79.9. The number of ether oxygens (including phenoxy) is 1. The molecule has 0 aromatic heterocycles. The first kappa shape index (κ1) is 16.4. The summed E-state index contributed by atoms with van der Waals surface area (Å²) in [5.74, 6) is 1.95. The van der Waals surface area contributed by atoms with Gasteiger partial charge in [-0.2, -0.15) is 0 Å². The summed E-state index contributed by atoms with van der Waals surface area (Å²) in [4.78, 5) is 0. The van der Waals surface area contributed by atoms with Crippen molar-refractivity contribution in [3.8, 4) is 5.75 Å². The van der Waals surface area contributed by atoms with Gasteiger partial charge >= 0.3 is 0 Å². The van der Waals surface area contributed by atoms with E-state index in [0.717, 1.165) is 23.1 Å². The number of hydrogen-bond donors (Lipinski definition) is 0. The molecule has 0 aliphatic heterocycles. The molecule has 0 N–H and O–H groups in total. The van der Waals surface area contributed by atoms with Crippen LogP contribution >= 0.6 is 27.5 Å². The van der Waals surface area contributed by atoms with Crippen LogP contribution in [-0.4, -0.2) is 13.0 Å². The van der Waals surface area contributed by atoms with Crippen molar-refractivity contribution in [3.63, 3.8) is 0 Å². The molecule has 0 radical (unpaired) electrons. The van der Waals surface area contributed by atoms with Crippen LogP contribution in [0.1, 0.15) is 16.7 Å². The second kappa shape index (κ2) is 7.86. The van der Waals surface area contributed by atoms with Crippen molar-refractivity contribution in [2.75, 3.05) is 13.0 Å². The maximum Gasteiger partial charge on any atom is 0.119 e. The van der Waals surface area contributed by atoms with Gasteiger partial charge in [0.2, 0.25) is 0 Å². The number of aryl methyl sites for hydroxylation is 1. The smallest absolute Gasteiger partial charge is 0.119 e. The lowest BCUT2D eigenvalue weighted by atomic mass is 9.93. The third-order valence-electron chi connectivity index (χ3n) is 3.62. The summed E-state index contributed by atoms with van der Waals surface area (Å²) >= 11 is 9.79. The minimum Gasteiger partial charge on any atom is -0.497 e. The topological polar surface area (TPSA) is 9.23 Å². The Kier molecular flexibility index (Phi) is 6.13. The normalized spacial score (nSPS) is 12.2. The molecule has 1 atom stereocenters. The van der Waals surface area contributed by atoms with Crippen LogP contribution in [0.2, 0.25) is 0 Å². The van der Waals surface area contributed by atoms with Gasteiger partial charge in [-0.25, -0.2) is 0 Å². The molecule has 0 saturated carbocycles. The summed E-state index contributed by atoms with van der Waals surface area (Å²) in [5, 5.41) is 0. The minimum atomic E-state index is 0.415. The molecule has 1 nitrogen and oxygen atoms in total. The van der Waals surface area contributed by atoms with E-state index in [1.165, 1.54) is 16.7 Å². The van der Waals surface area contributed by atoms with Gasteiger partial charge in [0.25, 0.3) is 0 Å². The number of halogens is 2. The lowest BCUT2D eigenvalue weighted by molar-refractivity contribution is 0.413. The molecular weight excluding hydrogens is 348 g/mol. The molecular formula is C18H20BrClO. The van der Waals surface area contributed by atoms with Gasteiger partial charge < -0.3 is 4.74 Å². The quantitative estimate of drug-likeness (QED) is 0.621. The first-order chi connectivity index (χ1) is 10.1. The van der Waals surface area contributed by atoms with Crippen molar-refractivity contribution >= 4 is 27.5 Å². The molecule has 2 rings (SSSR count). The van der Waals surface area contributed by atoms with Crippen molar-refractivity contribution in [1.82, 2.24) is 0 Å². The van der Waals surface area contributed by atoms with Gasteiger partial charge in [0, 0.05) is 10.4 Å². The SMILES string of the molecule is COc1ccc(Br)c(CC(CCl)Cc2ccc(C)cc2)c1. The average molecular weight is 368 g/mol. The molecule has 1 unspecified atom stereocenters. The number of benzene rings is 2. The molecule has 112 valence electrons. The molecule has 0 saturated heterocycles. The highest BCUT2D eigenvalue weighted by Crippen LogP contribution is 2.26. The van der Waals surface area contributed by atoms with Gasteiger partial charge in [0.15, 0.2) is 0 Å². The molecule has 0 aliphatic rings. The Morgan fingerprint density at radius 3 is 2.43 bits per heavy atom. The Bertz CT molecular complexity index is 580. The molecule has 0 amide bonds. The summed E-state index contributed by atoms with van der Waals surface area (Å²) < 4.78 is 6.42. The molecule has 0 aliphatic carbocycles. The van der Waals surface area contributed by atoms with E-state index in [2.05, 4.69) is 53.2 Å². The van der Waals surface area contributed by atoms with Crippen LogP contribution in [-0.2, 0) is 12.8 Å². The summed E-state index contributed by atoms with van der Waals surface area (Å²) in [6, 6.07) is 14.8. The van der Waals surface area contributed by atoms with E-state index in [4.69, 9.17) is 16.3 Å². The van der Waals surface area contributed by atoms with E-state index >= 15 is 0 Å². The second-order valence-corrected chi connectivity index (χ2v) is 6.53. The first-order valence-electron chi connectivity index (χ1n) is 7.06. The zero-order valence-electron chi connectivity index (χ0n) is 12.4. The Morgan fingerprint density at radius 2 is 1.81 bits per heavy atom. The molecule has 2 aromatic rings. The Labute approximate surface area is 140 Å². The highest BCUT2D eigenvalue weighted by molar-refractivity contribution is 9.10. The van der Waals surface area contributed by atoms with Crippen LogP contribution in [0.3, 0.4) is 0 Å². The number of methoxy groups -OCH3 is 1. The van der Waals surface area contributed by atoms with E-state index in [1.807, 2.05) is 12.1 Å². The van der Waals surface area contributed by atoms with Gasteiger partial charge in [-0.15, -0.1) is 11.6 Å². The van der Waals surface area contributed by atoms with Crippen LogP contribution in [0, 0.1) is 12.8 Å². The van der Waals surface area contributed by atoms with Gasteiger partial charge in [-0.05, 0) is 55.0 Å². The predicted octanol–water partition coefficient (Wildman–Crippen LogP) is 5.41. The van der Waals surface area contributed by atoms with Crippen LogP contribution in [0.5, 0.6) is 5.75 Å². The van der Waals surface area contributed by atoms with E-state index in [9.17, 15) is 0 Å². The van der Waals surface area contributed by atoms with Crippen molar-refractivity contribution < 1.29 is 4.74 Å². The van der Waals surface area contributed by atoms with Gasteiger partial charge in [0.05, 0.1) is 7.11 Å². The Balaban J connectivity index is 2.10. The molecule has 0 fully saturated rings. The number of hydrogen-bond acceptors (Lipinski definition) is 1. The summed E-state index contributed by atoms with van der Waals surface area (Å²) in [6.07, 6.45) is 1.93. The zero-order valence-corrected chi connectivity index (χ0v) is 14.7. The molecule has 0 bridgehead atoms. The lowest BCUT2D eigenvalue weighted by Crippen LogP contribution is -2.10. The van der Waals surface area contributed by atoms with E-state index in [-0.39, 0.29) is 0 Å². The van der Waals surface area contributed by atoms with Crippen molar-refractivity contribution in [3.05, 3.63) is 63.6 Å². The number of rotatable bonds is 6. The van der Waals surface area contributed by atoms with Crippen molar-refractivity contribution in [2.45, 2.75) is 19.8 Å². The Morgan fingerprint density at radius 1 is 1.10 bits per heavy atom. The third-order valence-corrected chi connectivity index (χ3v) is 4.83. The summed E-state index contributed by atoms with van der Waals surface area (Å²) in [6.45, 7) is 2.11. The lowest BCUT2D eigenvalue weighted by Gasteiger charge is -2.16. The minimum absolute atomic E-state index is 0.415. The van der Waals surface area contributed by atoms with Gasteiger partial charge in [-0.1, -0.05) is 45.8 Å². The molecule has 3 heteroatoms. The summed E-state index contributed by atoms with van der Waals surface area (Å²) in [7, 11) is 1.69. The fourth-order valence-electron chi connectivity index (χ4n) is 2.38. The van der Waals surface area contributed by atoms with Crippen LogP contribution < -0.4 is 4.74 Å². The number of alkyl halides is 1. The van der Waals surface area contributed by atoms with Gasteiger partial charge in [0.1, 0.15) is 5.75 Å². The van der Waals surface area contributed by atoms with Crippen LogP contribution in [0.4, 0.5) is 0 Å². The van der Waals surface area contributed by atoms with E-state index in [1.54, 1.807) is 7.11 Å². The van der Waals surface area contributed by atoms with Crippen molar-refractivity contribution in [2.24, 2.45) is 5.92 Å². The average Bonchev–Trinajstić information content (AvgIpc) is 2.50. The van der Waals surface area contributed by atoms with Crippen molar-refractivity contribution in [1.29, 1.82) is 0 Å². The fraction of sp³-hybridized carbons (Fsp3) is 0.333. The molecule has 2 aromatic carbocycles. The zero-order chi connectivity index (χ0) is 15.2. The standard InChI is InChI=1S/C18H20BrClO/c1-13-3-5-14(6-4-13)9-15(12-20)10-16-11-17(21-2)7-8-18(16)19/h3-8,11,15H,9-10,12H2,1-2H3. The van der Waals surface area contributed by atoms with Crippen LogP contribution in [0.15, 0.2) is 46.9 Å². The molecule has 0 spiro atoms. The molecule has 21 heavy (non-hydrogen) atoms. The highest BCUT2D eigenvalue weighted by Gasteiger charge is 2.12. The van der Waals surface area contributed by atoms with E-state index in [0.29, 0.717) is 11.8 Å². The van der Waals surface area contributed by atoms with Gasteiger partial charge in [-0.3, -0.25) is 0 Å². The maximum absolute atomic E-state index is 6.18. The predicted molar refractivity (Wildman–Crippen MR) is 93.5 cm³/mol. The largest absolute Gasteiger partial charge is 0.497 e. The molecule has 0 heterocycles. The van der Waals surface area contributed by atoms with E-state index < -0.39 is 0 Å². The fourth-order valence-corrected chi connectivity index (χ4v) is 3.01. The summed E-state index contributed by atoms with van der Waals surface area (Å²) in [5.41, 5.74) is 3.87.